The smallest absolute Gasteiger partial charge is 0.130 e. The highest BCUT2D eigenvalue weighted by atomic mass is 35.5. The van der Waals surface area contributed by atoms with Gasteiger partial charge in [-0.3, -0.25) is 4.68 Å². The van der Waals surface area contributed by atoms with Crippen LogP contribution in [-0.2, 0) is 18.2 Å². The molecule has 0 amide bonds. The van der Waals surface area contributed by atoms with E-state index in [4.69, 9.17) is 16.3 Å². The number of hydrogen-bond acceptors (Lipinski definition) is 3. The maximum absolute atomic E-state index is 6.39. The van der Waals surface area contributed by atoms with E-state index >= 15 is 0 Å². The van der Waals surface area contributed by atoms with E-state index in [1.54, 1.807) is 4.68 Å². The summed E-state index contributed by atoms with van der Waals surface area (Å²) < 4.78 is 7.79. The highest BCUT2D eigenvalue weighted by molar-refractivity contribution is 6.30. The van der Waals surface area contributed by atoms with Crippen LogP contribution in [-0.4, -0.2) is 35.1 Å². The first-order valence-electron chi connectivity index (χ1n) is 7.75. The topological polar surface area (TPSA) is 39.1 Å². The van der Waals surface area contributed by atoms with Crippen LogP contribution in [0, 0.1) is 12.3 Å². The minimum absolute atomic E-state index is 0.0609. The molecule has 0 fully saturated rings. The Bertz CT molecular complexity index is 451. The van der Waals surface area contributed by atoms with Crippen molar-refractivity contribution in [2.75, 3.05) is 13.2 Å². The molecular weight excluding hydrogens is 286 g/mol. The van der Waals surface area contributed by atoms with Crippen molar-refractivity contribution < 1.29 is 4.74 Å². The molecule has 1 heterocycles. The molecule has 0 aliphatic rings. The Labute approximate surface area is 134 Å². The van der Waals surface area contributed by atoms with E-state index in [1.165, 1.54) is 0 Å². The number of hydrogen-bond donors (Lipinski definition) is 1. The standard InChI is InChI=1S/C16H30ClN3O/c1-8-18-13(14(21-9-2)16(4,5)6)10-12-11(3)19-20(7)15(12)17/h13-14,18H,8-10H2,1-7H3. The highest BCUT2D eigenvalue weighted by Gasteiger charge is 2.33. The third-order valence-corrected chi connectivity index (χ3v) is 4.20. The maximum atomic E-state index is 6.39. The van der Waals surface area contributed by atoms with Crippen molar-refractivity contribution in [1.29, 1.82) is 0 Å². The molecule has 2 unspecified atom stereocenters. The van der Waals surface area contributed by atoms with Crippen molar-refractivity contribution in [3.8, 4) is 0 Å². The molecule has 0 aromatic carbocycles. The highest BCUT2D eigenvalue weighted by Crippen LogP contribution is 2.29. The molecule has 0 spiro atoms. The summed E-state index contributed by atoms with van der Waals surface area (Å²) in [5, 5.41) is 8.69. The summed E-state index contributed by atoms with van der Waals surface area (Å²) in [7, 11) is 1.88. The van der Waals surface area contributed by atoms with Gasteiger partial charge in [-0.2, -0.15) is 5.10 Å². The van der Waals surface area contributed by atoms with Gasteiger partial charge in [0.2, 0.25) is 0 Å². The summed E-state index contributed by atoms with van der Waals surface area (Å²) in [5.74, 6) is 0. The molecule has 4 nitrogen and oxygen atoms in total. The van der Waals surface area contributed by atoms with E-state index in [1.807, 2.05) is 20.9 Å². The molecule has 0 aliphatic carbocycles. The van der Waals surface area contributed by atoms with Crippen LogP contribution in [0.3, 0.4) is 0 Å². The molecule has 1 N–H and O–H groups in total. The predicted octanol–water partition coefficient (Wildman–Crippen LogP) is 3.35. The number of aromatic nitrogens is 2. The SMILES string of the molecule is CCNC(Cc1c(C)nn(C)c1Cl)C(OCC)C(C)(C)C. The van der Waals surface area contributed by atoms with Crippen LogP contribution in [0.4, 0.5) is 0 Å². The van der Waals surface area contributed by atoms with Gasteiger partial charge < -0.3 is 10.1 Å². The van der Waals surface area contributed by atoms with E-state index in [0.29, 0.717) is 6.61 Å². The lowest BCUT2D eigenvalue weighted by Gasteiger charge is -2.37. The Balaban J connectivity index is 3.04. The summed E-state index contributed by atoms with van der Waals surface area (Å²) in [6.07, 6.45) is 0.951. The second kappa shape index (κ2) is 7.61. The fourth-order valence-corrected chi connectivity index (χ4v) is 3.08. The van der Waals surface area contributed by atoms with E-state index < -0.39 is 0 Å². The van der Waals surface area contributed by atoms with Gasteiger partial charge in [-0.25, -0.2) is 0 Å². The Kier molecular flexibility index (Phi) is 6.70. The van der Waals surface area contributed by atoms with Gasteiger partial charge in [0.05, 0.1) is 11.8 Å². The second-order valence-corrected chi connectivity index (χ2v) is 6.95. The summed E-state index contributed by atoms with van der Waals surface area (Å²) in [4.78, 5) is 0. The summed E-state index contributed by atoms with van der Waals surface area (Å²) in [6, 6.07) is 0.218. The number of aryl methyl sites for hydroxylation is 2. The summed E-state index contributed by atoms with van der Waals surface area (Å²) in [6.45, 7) is 14.4. The van der Waals surface area contributed by atoms with Gasteiger partial charge in [-0.15, -0.1) is 0 Å². The summed E-state index contributed by atoms with van der Waals surface area (Å²) in [5.41, 5.74) is 2.17. The lowest BCUT2D eigenvalue weighted by Crippen LogP contribution is -2.49. The van der Waals surface area contributed by atoms with Crippen LogP contribution in [0.5, 0.6) is 0 Å². The average molecular weight is 316 g/mol. The number of halogens is 1. The third kappa shape index (κ3) is 4.70. The molecular formula is C16H30ClN3O. The van der Waals surface area contributed by atoms with Crippen molar-refractivity contribution in [1.82, 2.24) is 15.1 Å². The van der Waals surface area contributed by atoms with E-state index in [2.05, 4.69) is 38.1 Å². The Morgan fingerprint density at radius 2 is 1.95 bits per heavy atom. The van der Waals surface area contributed by atoms with E-state index in [0.717, 1.165) is 29.4 Å². The van der Waals surface area contributed by atoms with Crippen molar-refractivity contribution >= 4 is 11.6 Å². The number of nitrogens with zero attached hydrogens (tertiary/aromatic N) is 2. The first kappa shape index (κ1) is 18.5. The Morgan fingerprint density at radius 1 is 1.33 bits per heavy atom. The first-order chi connectivity index (χ1) is 9.72. The van der Waals surface area contributed by atoms with Crippen LogP contribution >= 0.6 is 11.6 Å². The zero-order chi connectivity index (χ0) is 16.2. The maximum Gasteiger partial charge on any atom is 0.130 e. The molecule has 21 heavy (non-hydrogen) atoms. The van der Waals surface area contributed by atoms with Crippen molar-refractivity contribution in [2.24, 2.45) is 12.5 Å². The molecule has 0 aliphatic heterocycles. The van der Waals surface area contributed by atoms with Crippen LogP contribution in [0.2, 0.25) is 5.15 Å². The lowest BCUT2D eigenvalue weighted by atomic mass is 9.82. The van der Waals surface area contributed by atoms with E-state index in [-0.39, 0.29) is 17.6 Å². The quantitative estimate of drug-likeness (QED) is 0.838. The van der Waals surface area contributed by atoms with E-state index in [9.17, 15) is 0 Å². The number of rotatable bonds is 7. The minimum atomic E-state index is 0.0609. The fraction of sp³-hybridized carbons (Fsp3) is 0.812. The Hall–Kier alpha value is -0.580. The van der Waals surface area contributed by atoms with Gasteiger partial charge in [-0.1, -0.05) is 39.3 Å². The third-order valence-electron chi connectivity index (χ3n) is 3.73. The first-order valence-corrected chi connectivity index (χ1v) is 8.13. The normalized spacial score (nSPS) is 15.2. The number of likely N-dealkylation sites (N-methyl/N-ethyl adjacent to an activating group) is 1. The molecule has 0 saturated carbocycles. The molecule has 0 bridgehead atoms. The van der Waals surface area contributed by atoms with Gasteiger partial charge >= 0.3 is 0 Å². The van der Waals surface area contributed by atoms with Gasteiger partial charge in [0.1, 0.15) is 5.15 Å². The predicted molar refractivity (Wildman–Crippen MR) is 89.0 cm³/mol. The van der Waals surface area contributed by atoms with Gasteiger partial charge in [0.15, 0.2) is 0 Å². The molecule has 1 rings (SSSR count). The summed E-state index contributed by atoms with van der Waals surface area (Å²) >= 11 is 6.39. The Morgan fingerprint density at radius 3 is 2.33 bits per heavy atom. The van der Waals surface area contributed by atoms with Crippen LogP contribution in [0.15, 0.2) is 0 Å². The fourth-order valence-electron chi connectivity index (χ4n) is 2.82. The molecule has 122 valence electrons. The lowest BCUT2D eigenvalue weighted by molar-refractivity contribution is -0.0352. The molecule has 0 radical (unpaired) electrons. The van der Waals surface area contributed by atoms with Crippen molar-refractivity contribution in [3.63, 3.8) is 0 Å². The molecule has 2 atom stereocenters. The minimum Gasteiger partial charge on any atom is -0.376 e. The van der Waals surface area contributed by atoms with Crippen LogP contribution < -0.4 is 5.32 Å². The molecule has 0 saturated heterocycles. The largest absolute Gasteiger partial charge is 0.376 e. The van der Waals surface area contributed by atoms with Crippen molar-refractivity contribution in [2.45, 2.75) is 60.1 Å². The number of nitrogens with one attached hydrogen (secondary N) is 1. The molecule has 5 heteroatoms. The number of ether oxygens (including phenoxy) is 1. The molecule has 1 aromatic rings. The van der Waals surface area contributed by atoms with Crippen LogP contribution in [0.1, 0.15) is 45.9 Å². The zero-order valence-electron chi connectivity index (χ0n) is 14.5. The van der Waals surface area contributed by atoms with Gasteiger partial charge in [0, 0.05) is 25.3 Å². The zero-order valence-corrected chi connectivity index (χ0v) is 15.2. The second-order valence-electron chi connectivity index (χ2n) is 6.59. The van der Waals surface area contributed by atoms with Crippen molar-refractivity contribution in [3.05, 3.63) is 16.4 Å². The molecule has 1 aromatic heterocycles. The van der Waals surface area contributed by atoms with Gasteiger partial charge in [-0.05, 0) is 32.2 Å². The monoisotopic (exact) mass is 315 g/mol. The van der Waals surface area contributed by atoms with Gasteiger partial charge in [0.25, 0.3) is 0 Å². The van der Waals surface area contributed by atoms with Crippen LogP contribution in [0.25, 0.3) is 0 Å². The average Bonchev–Trinajstić information content (AvgIpc) is 2.60.